The fourth-order valence-electron chi connectivity index (χ4n) is 2.70. The van der Waals surface area contributed by atoms with Gasteiger partial charge in [0.2, 0.25) is 0 Å². The number of fused-ring (bicyclic) bond motifs is 1. The van der Waals surface area contributed by atoms with Gasteiger partial charge in [-0.3, -0.25) is 4.79 Å². The zero-order valence-electron chi connectivity index (χ0n) is 12.0. The van der Waals surface area contributed by atoms with E-state index in [1.165, 1.54) is 24.0 Å². The molecule has 4 nitrogen and oxygen atoms in total. The molecular weight excluding hydrogens is 254 g/mol. The summed E-state index contributed by atoms with van der Waals surface area (Å²) < 4.78 is 5.06. The molecule has 1 aromatic rings. The molecule has 0 fully saturated rings. The number of benzene rings is 1. The first kappa shape index (κ1) is 15.0. The van der Waals surface area contributed by atoms with Crippen LogP contribution < -0.4 is 5.32 Å². The maximum atomic E-state index is 12.2. The molecule has 1 aliphatic rings. The van der Waals surface area contributed by atoms with Crippen LogP contribution in [0, 0.1) is 0 Å². The first-order valence-electron chi connectivity index (χ1n) is 7.27. The Morgan fingerprint density at radius 3 is 2.80 bits per heavy atom. The van der Waals surface area contributed by atoms with E-state index in [0.717, 1.165) is 12.8 Å². The maximum absolute atomic E-state index is 12.2. The van der Waals surface area contributed by atoms with E-state index in [1.807, 2.05) is 12.1 Å². The van der Waals surface area contributed by atoms with Crippen LogP contribution in [0.5, 0.6) is 0 Å². The molecule has 0 bridgehead atoms. The van der Waals surface area contributed by atoms with Crippen molar-refractivity contribution in [1.82, 2.24) is 5.32 Å². The molecule has 2 rings (SSSR count). The molecule has 2 N–H and O–H groups in total. The van der Waals surface area contributed by atoms with Crippen LogP contribution in [0.2, 0.25) is 0 Å². The van der Waals surface area contributed by atoms with Crippen molar-refractivity contribution in [3.8, 4) is 0 Å². The van der Waals surface area contributed by atoms with E-state index >= 15 is 0 Å². The van der Waals surface area contributed by atoms with E-state index in [4.69, 9.17) is 9.84 Å². The Kier molecular flexibility index (Phi) is 5.56. The number of hydrogen-bond donors (Lipinski definition) is 2. The third-order valence-corrected chi connectivity index (χ3v) is 3.79. The lowest BCUT2D eigenvalue weighted by molar-refractivity contribution is 0.0878. The predicted molar refractivity (Wildman–Crippen MR) is 77.9 cm³/mol. The third kappa shape index (κ3) is 3.81. The van der Waals surface area contributed by atoms with E-state index in [0.29, 0.717) is 18.6 Å². The van der Waals surface area contributed by atoms with Gasteiger partial charge in [0.1, 0.15) is 0 Å². The minimum atomic E-state index is -0.145. The predicted octanol–water partition coefficient (Wildman–Crippen LogP) is 1.69. The van der Waals surface area contributed by atoms with Crippen LogP contribution in [0.3, 0.4) is 0 Å². The number of carbonyl (C=O) groups excluding carboxylic acids is 1. The molecule has 1 aliphatic carbocycles. The van der Waals surface area contributed by atoms with E-state index < -0.39 is 0 Å². The fourth-order valence-corrected chi connectivity index (χ4v) is 2.70. The van der Waals surface area contributed by atoms with E-state index in [1.54, 1.807) is 7.11 Å². The molecule has 1 aromatic carbocycles. The summed E-state index contributed by atoms with van der Waals surface area (Å²) in [5.74, 6) is -0.0890. The topological polar surface area (TPSA) is 58.6 Å². The summed E-state index contributed by atoms with van der Waals surface area (Å²) in [6.07, 6.45) is 5.13. The number of hydrogen-bond acceptors (Lipinski definition) is 3. The Morgan fingerprint density at radius 1 is 1.35 bits per heavy atom. The average Bonchev–Trinajstić information content (AvgIpc) is 2.47. The highest BCUT2D eigenvalue weighted by atomic mass is 16.5. The summed E-state index contributed by atoms with van der Waals surface area (Å²) >= 11 is 0. The monoisotopic (exact) mass is 277 g/mol. The average molecular weight is 277 g/mol. The molecule has 0 saturated carbocycles. The van der Waals surface area contributed by atoms with Crippen LogP contribution in [0.4, 0.5) is 0 Å². The number of methoxy groups -OCH3 is 1. The lowest BCUT2D eigenvalue weighted by atomic mass is 9.90. The van der Waals surface area contributed by atoms with Crippen molar-refractivity contribution in [3.05, 3.63) is 34.9 Å². The summed E-state index contributed by atoms with van der Waals surface area (Å²) in [7, 11) is 1.59. The number of carbonyl (C=O) groups is 1. The minimum Gasteiger partial charge on any atom is -0.396 e. The Hall–Kier alpha value is -1.39. The molecular formula is C16H23NO3. The van der Waals surface area contributed by atoms with E-state index in [2.05, 4.69) is 11.4 Å². The van der Waals surface area contributed by atoms with Crippen molar-refractivity contribution in [1.29, 1.82) is 0 Å². The van der Waals surface area contributed by atoms with Gasteiger partial charge in [-0.15, -0.1) is 0 Å². The van der Waals surface area contributed by atoms with Crippen molar-refractivity contribution < 1.29 is 14.6 Å². The highest BCUT2D eigenvalue weighted by Gasteiger charge is 2.16. The second-order valence-electron chi connectivity index (χ2n) is 5.33. The summed E-state index contributed by atoms with van der Waals surface area (Å²) in [4.78, 5) is 12.2. The number of ether oxygens (including phenoxy) is 1. The molecule has 1 unspecified atom stereocenters. The van der Waals surface area contributed by atoms with Gasteiger partial charge in [-0.25, -0.2) is 0 Å². The standard InChI is InChI=1S/C16H23NO3/c1-20-11-15(8-9-18)17-16(19)14-7-6-12-4-2-3-5-13(12)10-14/h6-7,10,15,18H,2-5,8-9,11H2,1H3,(H,17,19). The van der Waals surface area contributed by atoms with Crippen molar-refractivity contribution in [2.45, 2.75) is 38.1 Å². The number of aliphatic hydroxyl groups excluding tert-OH is 1. The Bertz CT molecular complexity index is 453. The molecule has 20 heavy (non-hydrogen) atoms. The summed E-state index contributed by atoms with van der Waals surface area (Å²) in [5, 5.41) is 11.9. The lowest BCUT2D eigenvalue weighted by Gasteiger charge is -2.19. The van der Waals surface area contributed by atoms with E-state index in [-0.39, 0.29) is 18.6 Å². The van der Waals surface area contributed by atoms with Crippen LogP contribution in [0.1, 0.15) is 40.7 Å². The third-order valence-electron chi connectivity index (χ3n) is 3.79. The highest BCUT2D eigenvalue weighted by molar-refractivity contribution is 5.94. The van der Waals surface area contributed by atoms with Gasteiger partial charge in [-0.05, 0) is 55.4 Å². The second-order valence-corrected chi connectivity index (χ2v) is 5.33. The second kappa shape index (κ2) is 7.41. The number of rotatable bonds is 6. The van der Waals surface area contributed by atoms with Crippen LogP contribution >= 0.6 is 0 Å². The molecule has 110 valence electrons. The number of nitrogens with one attached hydrogen (secondary N) is 1. The summed E-state index contributed by atoms with van der Waals surface area (Å²) in [6, 6.07) is 5.82. The Labute approximate surface area is 120 Å². The van der Waals surface area contributed by atoms with Crippen LogP contribution in [-0.4, -0.2) is 37.4 Å². The van der Waals surface area contributed by atoms with Crippen LogP contribution in [-0.2, 0) is 17.6 Å². The quantitative estimate of drug-likeness (QED) is 0.832. The van der Waals surface area contributed by atoms with Crippen molar-refractivity contribution in [2.75, 3.05) is 20.3 Å². The first-order chi connectivity index (χ1) is 9.74. The molecule has 4 heteroatoms. The minimum absolute atomic E-state index is 0.0402. The smallest absolute Gasteiger partial charge is 0.251 e. The van der Waals surface area contributed by atoms with Gasteiger partial charge >= 0.3 is 0 Å². The van der Waals surface area contributed by atoms with Crippen molar-refractivity contribution >= 4 is 5.91 Å². The van der Waals surface area contributed by atoms with Crippen LogP contribution in [0.15, 0.2) is 18.2 Å². The SMILES string of the molecule is COCC(CCO)NC(=O)c1ccc2c(c1)CCCC2. The summed E-state index contributed by atoms with van der Waals surface area (Å²) in [5.41, 5.74) is 3.37. The zero-order chi connectivity index (χ0) is 14.4. The first-order valence-corrected chi connectivity index (χ1v) is 7.27. The van der Waals surface area contributed by atoms with E-state index in [9.17, 15) is 4.79 Å². The largest absolute Gasteiger partial charge is 0.396 e. The van der Waals surface area contributed by atoms with Gasteiger partial charge in [0, 0.05) is 19.3 Å². The molecule has 1 atom stereocenters. The lowest BCUT2D eigenvalue weighted by Crippen LogP contribution is -2.38. The van der Waals surface area contributed by atoms with Gasteiger partial charge in [-0.2, -0.15) is 0 Å². The van der Waals surface area contributed by atoms with Gasteiger partial charge in [-0.1, -0.05) is 6.07 Å². The maximum Gasteiger partial charge on any atom is 0.251 e. The van der Waals surface area contributed by atoms with Crippen LogP contribution in [0.25, 0.3) is 0 Å². The van der Waals surface area contributed by atoms with Gasteiger partial charge in [0.05, 0.1) is 12.6 Å². The Balaban J connectivity index is 2.04. The molecule has 1 amide bonds. The number of aliphatic hydroxyl groups is 1. The van der Waals surface area contributed by atoms with Crippen molar-refractivity contribution in [2.24, 2.45) is 0 Å². The zero-order valence-corrected chi connectivity index (χ0v) is 12.0. The molecule has 0 saturated heterocycles. The highest BCUT2D eigenvalue weighted by Crippen LogP contribution is 2.22. The molecule has 0 aromatic heterocycles. The van der Waals surface area contributed by atoms with Crippen molar-refractivity contribution in [3.63, 3.8) is 0 Å². The molecule has 0 aliphatic heterocycles. The Morgan fingerprint density at radius 2 is 2.10 bits per heavy atom. The van der Waals surface area contributed by atoms with Gasteiger partial charge in [0.15, 0.2) is 0 Å². The number of amides is 1. The normalized spacial score (nSPS) is 15.5. The molecule has 0 heterocycles. The molecule has 0 spiro atoms. The van der Waals surface area contributed by atoms with Gasteiger partial charge < -0.3 is 15.2 Å². The molecule has 0 radical (unpaired) electrons. The number of aryl methyl sites for hydroxylation is 2. The van der Waals surface area contributed by atoms with Gasteiger partial charge in [0.25, 0.3) is 5.91 Å². The fraction of sp³-hybridized carbons (Fsp3) is 0.562. The summed E-state index contributed by atoms with van der Waals surface area (Å²) in [6.45, 7) is 0.454.